The number of rotatable bonds is 3. The van der Waals surface area contributed by atoms with Gasteiger partial charge in [0, 0.05) is 17.3 Å². The van der Waals surface area contributed by atoms with Crippen molar-refractivity contribution in [3.8, 4) is 0 Å². The highest BCUT2D eigenvalue weighted by atomic mass is 32.2. The lowest BCUT2D eigenvalue weighted by molar-refractivity contribution is 0.102. The van der Waals surface area contributed by atoms with Crippen molar-refractivity contribution in [3.05, 3.63) is 65.9 Å². The molecule has 0 aliphatic rings. The Morgan fingerprint density at radius 3 is 2.50 bits per heavy atom. The first-order valence-corrected chi connectivity index (χ1v) is 9.22. The Morgan fingerprint density at radius 2 is 1.75 bits per heavy atom. The number of nitrogens with zero attached hydrogens (tertiary/aromatic N) is 1. The normalized spacial score (nSPS) is 11.4. The summed E-state index contributed by atoms with van der Waals surface area (Å²) in [4.78, 5) is 17.2. The summed E-state index contributed by atoms with van der Waals surface area (Å²) in [6, 6.07) is 15.4. The third kappa shape index (κ3) is 3.14. The molecular weight excluding hydrogens is 324 g/mol. The van der Waals surface area contributed by atoms with Gasteiger partial charge in [0.2, 0.25) is 0 Å². The minimum Gasteiger partial charge on any atom is -0.321 e. The highest BCUT2D eigenvalue weighted by Gasteiger charge is 2.17. The molecule has 6 heteroatoms. The van der Waals surface area contributed by atoms with Gasteiger partial charge in [0.25, 0.3) is 5.91 Å². The molecule has 0 saturated heterocycles. The molecular formula is C18H16N2O3S. The maximum Gasteiger partial charge on any atom is 0.257 e. The molecule has 1 amide bonds. The predicted molar refractivity (Wildman–Crippen MR) is 94.0 cm³/mol. The summed E-state index contributed by atoms with van der Waals surface area (Å²) in [7, 11) is -3.44. The van der Waals surface area contributed by atoms with Crippen LogP contribution in [0.1, 0.15) is 16.1 Å². The number of carbonyl (C=O) groups is 1. The van der Waals surface area contributed by atoms with Crippen LogP contribution in [0.5, 0.6) is 0 Å². The lowest BCUT2D eigenvalue weighted by Crippen LogP contribution is -2.15. The molecule has 0 aliphatic carbocycles. The number of nitrogens with one attached hydrogen (secondary N) is 1. The Balaban J connectivity index is 2.05. The van der Waals surface area contributed by atoms with Crippen molar-refractivity contribution in [2.45, 2.75) is 11.8 Å². The van der Waals surface area contributed by atoms with Crippen LogP contribution in [0.25, 0.3) is 10.9 Å². The number of benzene rings is 2. The van der Waals surface area contributed by atoms with Gasteiger partial charge in [-0.3, -0.25) is 9.78 Å². The van der Waals surface area contributed by atoms with E-state index in [0.717, 1.165) is 17.3 Å². The van der Waals surface area contributed by atoms with Crippen LogP contribution in [-0.4, -0.2) is 25.6 Å². The zero-order valence-electron chi connectivity index (χ0n) is 13.3. The molecule has 24 heavy (non-hydrogen) atoms. The average Bonchev–Trinajstić information content (AvgIpc) is 2.53. The maximum absolute atomic E-state index is 12.7. The van der Waals surface area contributed by atoms with Gasteiger partial charge in [0.1, 0.15) is 0 Å². The Kier molecular flexibility index (Phi) is 4.07. The fraction of sp³-hybridized carbons (Fsp3) is 0.111. The average molecular weight is 340 g/mol. The monoisotopic (exact) mass is 340 g/mol. The zero-order chi connectivity index (χ0) is 17.3. The number of aromatic nitrogens is 1. The topological polar surface area (TPSA) is 76.1 Å². The lowest BCUT2D eigenvalue weighted by Gasteiger charge is -2.11. The van der Waals surface area contributed by atoms with Crippen LogP contribution in [0, 0.1) is 6.92 Å². The molecule has 1 N–H and O–H groups in total. The number of aryl methyl sites for hydroxylation is 1. The van der Waals surface area contributed by atoms with Gasteiger partial charge in [-0.1, -0.05) is 30.3 Å². The number of fused-ring (bicyclic) bond motifs is 1. The van der Waals surface area contributed by atoms with E-state index in [0.29, 0.717) is 11.1 Å². The first-order valence-electron chi connectivity index (χ1n) is 7.33. The minimum atomic E-state index is -3.44. The van der Waals surface area contributed by atoms with Crippen molar-refractivity contribution in [1.82, 2.24) is 4.98 Å². The highest BCUT2D eigenvalue weighted by molar-refractivity contribution is 7.90. The smallest absolute Gasteiger partial charge is 0.257 e. The molecule has 3 aromatic rings. The summed E-state index contributed by atoms with van der Waals surface area (Å²) >= 11 is 0. The van der Waals surface area contributed by atoms with Crippen molar-refractivity contribution in [2.24, 2.45) is 0 Å². The van der Waals surface area contributed by atoms with E-state index >= 15 is 0 Å². The van der Waals surface area contributed by atoms with Crippen LogP contribution < -0.4 is 5.32 Å². The molecule has 5 nitrogen and oxygen atoms in total. The molecule has 1 heterocycles. The van der Waals surface area contributed by atoms with Crippen molar-refractivity contribution >= 4 is 32.3 Å². The second-order valence-corrected chi connectivity index (χ2v) is 7.54. The first kappa shape index (κ1) is 16.1. The molecule has 0 spiro atoms. The molecule has 0 fully saturated rings. The summed E-state index contributed by atoms with van der Waals surface area (Å²) in [6.07, 6.45) is 1.11. The molecule has 2 aromatic carbocycles. The van der Waals surface area contributed by atoms with E-state index < -0.39 is 15.7 Å². The predicted octanol–water partition coefficient (Wildman–Crippen LogP) is 3.20. The molecule has 0 unspecified atom stereocenters. The Bertz CT molecular complexity index is 1040. The standard InChI is InChI=1S/C18H16N2O3S/c1-12-10-11-13-6-5-7-14(17(13)19-12)18(21)20-15-8-3-4-9-16(15)24(2,22)23/h3-11H,1-2H3,(H,20,21). The van der Waals surface area contributed by atoms with Crippen molar-refractivity contribution < 1.29 is 13.2 Å². The number of amides is 1. The number of hydrogen-bond donors (Lipinski definition) is 1. The molecule has 0 saturated carbocycles. The van der Waals surface area contributed by atoms with E-state index in [2.05, 4.69) is 10.3 Å². The summed E-state index contributed by atoms with van der Waals surface area (Å²) in [5, 5.41) is 3.54. The van der Waals surface area contributed by atoms with E-state index in [9.17, 15) is 13.2 Å². The second-order valence-electron chi connectivity index (χ2n) is 5.55. The van der Waals surface area contributed by atoms with E-state index in [-0.39, 0.29) is 10.6 Å². The van der Waals surface area contributed by atoms with E-state index in [1.807, 2.05) is 25.1 Å². The van der Waals surface area contributed by atoms with Crippen LogP contribution in [0.3, 0.4) is 0 Å². The third-order valence-corrected chi connectivity index (χ3v) is 4.79. The first-order chi connectivity index (χ1) is 11.4. The van der Waals surface area contributed by atoms with Gasteiger partial charge >= 0.3 is 0 Å². The van der Waals surface area contributed by atoms with Gasteiger partial charge in [0.05, 0.1) is 21.7 Å². The van der Waals surface area contributed by atoms with Crippen LogP contribution in [0.15, 0.2) is 59.5 Å². The number of anilines is 1. The third-order valence-electron chi connectivity index (χ3n) is 3.64. The summed E-state index contributed by atoms with van der Waals surface area (Å²) < 4.78 is 23.7. The Labute approximate surface area is 140 Å². The molecule has 0 atom stereocenters. The number of carbonyl (C=O) groups excluding carboxylic acids is 1. The van der Waals surface area contributed by atoms with Crippen molar-refractivity contribution in [3.63, 3.8) is 0 Å². The molecule has 0 radical (unpaired) electrons. The van der Waals surface area contributed by atoms with Crippen molar-refractivity contribution in [2.75, 3.05) is 11.6 Å². The van der Waals surface area contributed by atoms with Gasteiger partial charge in [0.15, 0.2) is 9.84 Å². The van der Waals surface area contributed by atoms with E-state index in [1.165, 1.54) is 6.07 Å². The fourth-order valence-electron chi connectivity index (χ4n) is 2.51. The molecule has 122 valence electrons. The summed E-state index contributed by atoms with van der Waals surface area (Å²) in [5.41, 5.74) is 2.06. The SMILES string of the molecule is Cc1ccc2cccc(C(=O)Nc3ccccc3S(C)(=O)=O)c2n1. The van der Waals surface area contributed by atoms with Gasteiger partial charge in [-0.2, -0.15) is 0 Å². The molecule has 3 rings (SSSR count). The van der Waals surface area contributed by atoms with Gasteiger partial charge in [-0.15, -0.1) is 0 Å². The second kappa shape index (κ2) is 6.05. The van der Waals surface area contributed by atoms with Crippen molar-refractivity contribution in [1.29, 1.82) is 0 Å². The summed E-state index contributed by atoms with van der Waals surface area (Å²) in [6.45, 7) is 1.85. The molecule has 0 bridgehead atoms. The van der Waals surface area contributed by atoms with Gasteiger partial charge < -0.3 is 5.32 Å². The largest absolute Gasteiger partial charge is 0.321 e. The van der Waals surface area contributed by atoms with Crippen LogP contribution in [0.4, 0.5) is 5.69 Å². The van der Waals surface area contributed by atoms with Crippen LogP contribution >= 0.6 is 0 Å². The zero-order valence-corrected chi connectivity index (χ0v) is 14.1. The van der Waals surface area contributed by atoms with E-state index in [4.69, 9.17) is 0 Å². The molecule has 0 aliphatic heterocycles. The van der Waals surface area contributed by atoms with Crippen LogP contribution in [-0.2, 0) is 9.84 Å². The van der Waals surface area contributed by atoms with Crippen LogP contribution in [0.2, 0.25) is 0 Å². The number of para-hydroxylation sites is 2. The maximum atomic E-state index is 12.7. The van der Waals surface area contributed by atoms with Gasteiger partial charge in [-0.25, -0.2) is 8.42 Å². The minimum absolute atomic E-state index is 0.0859. The quantitative estimate of drug-likeness (QED) is 0.794. The molecule has 1 aromatic heterocycles. The summed E-state index contributed by atoms with van der Waals surface area (Å²) in [5.74, 6) is -0.394. The number of pyridine rings is 1. The Morgan fingerprint density at radius 1 is 1.00 bits per heavy atom. The lowest BCUT2D eigenvalue weighted by atomic mass is 10.1. The Hall–Kier alpha value is -2.73. The number of sulfone groups is 1. The van der Waals surface area contributed by atoms with Gasteiger partial charge in [-0.05, 0) is 31.2 Å². The fourth-order valence-corrected chi connectivity index (χ4v) is 3.36. The number of hydrogen-bond acceptors (Lipinski definition) is 4. The highest BCUT2D eigenvalue weighted by Crippen LogP contribution is 2.23. The van der Waals surface area contributed by atoms with E-state index in [1.54, 1.807) is 30.3 Å².